The topological polar surface area (TPSA) is 32.7 Å². The van der Waals surface area contributed by atoms with Gasteiger partial charge >= 0.3 is 0 Å². The van der Waals surface area contributed by atoms with Crippen molar-refractivity contribution in [3.05, 3.63) is 24.3 Å². The lowest BCUT2D eigenvalue weighted by molar-refractivity contribution is 0.165. The molecule has 0 aliphatic rings. The summed E-state index contributed by atoms with van der Waals surface area (Å²) in [6.07, 6.45) is 0. The van der Waals surface area contributed by atoms with Crippen LogP contribution >= 0.6 is 0 Å². The van der Waals surface area contributed by atoms with Gasteiger partial charge in [-0.15, -0.1) is 0 Å². The highest BCUT2D eigenvalue weighted by molar-refractivity contribution is 5.48. The van der Waals surface area contributed by atoms with Crippen LogP contribution in [0, 0.1) is 5.41 Å². The molecular formula is C13H21NO2. The van der Waals surface area contributed by atoms with E-state index in [1.165, 1.54) is 0 Å². The molecule has 0 saturated carbocycles. The van der Waals surface area contributed by atoms with E-state index in [-0.39, 0.29) is 12.0 Å². The maximum atomic E-state index is 9.23. The first-order valence-corrected chi connectivity index (χ1v) is 5.44. The van der Waals surface area contributed by atoms with Crippen molar-refractivity contribution < 1.29 is 9.84 Å². The van der Waals surface area contributed by atoms with Crippen molar-refractivity contribution in [2.24, 2.45) is 5.41 Å². The smallest absolute Gasteiger partial charge is 0.119 e. The number of methoxy groups -OCH3 is 1. The van der Waals surface area contributed by atoms with E-state index >= 15 is 0 Å². The molecule has 3 heteroatoms. The highest BCUT2D eigenvalue weighted by Crippen LogP contribution is 2.22. The molecule has 0 aromatic heterocycles. The lowest BCUT2D eigenvalue weighted by Gasteiger charge is -2.30. The summed E-state index contributed by atoms with van der Waals surface area (Å²) >= 11 is 0. The highest BCUT2D eigenvalue weighted by Gasteiger charge is 2.19. The van der Waals surface area contributed by atoms with Gasteiger partial charge in [-0.2, -0.15) is 0 Å². The lowest BCUT2D eigenvalue weighted by Crippen LogP contribution is -2.33. The van der Waals surface area contributed by atoms with Crippen LogP contribution in [-0.4, -0.2) is 32.4 Å². The van der Waals surface area contributed by atoms with Gasteiger partial charge in [0.15, 0.2) is 0 Å². The predicted octanol–water partition coefficient (Wildman–Crippen LogP) is 2.15. The van der Waals surface area contributed by atoms with Crippen molar-refractivity contribution in [2.75, 3.05) is 32.2 Å². The molecule has 0 heterocycles. The molecule has 0 spiro atoms. The van der Waals surface area contributed by atoms with Gasteiger partial charge in [-0.25, -0.2) is 0 Å². The van der Waals surface area contributed by atoms with E-state index in [4.69, 9.17) is 4.74 Å². The minimum Gasteiger partial charge on any atom is -0.497 e. The number of hydrogen-bond donors (Lipinski definition) is 1. The van der Waals surface area contributed by atoms with Crippen molar-refractivity contribution in [2.45, 2.75) is 13.8 Å². The fourth-order valence-corrected chi connectivity index (χ4v) is 1.62. The van der Waals surface area contributed by atoms with Crippen molar-refractivity contribution in [3.63, 3.8) is 0 Å². The second kappa shape index (κ2) is 5.21. The first-order chi connectivity index (χ1) is 7.48. The molecule has 0 atom stereocenters. The molecule has 0 aliphatic carbocycles. The van der Waals surface area contributed by atoms with E-state index in [1.807, 2.05) is 45.2 Å². The summed E-state index contributed by atoms with van der Waals surface area (Å²) in [5.41, 5.74) is 1.04. The summed E-state index contributed by atoms with van der Waals surface area (Å²) in [4.78, 5) is 2.13. The van der Waals surface area contributed by atoms with Gasteiger partial charge in [0.25, 0.3) is 0 Å². The molecular weight excluding hydrogens is 202 g/mol. The zero-order valence-corrected chi connectivity index (χ0v) is 10.5. The molecule has 16 heavy (non-hydrogen) atoms. The van der Waals surface area contributed by atoms with Crippen LogP contribution in [0.4, 0.5) is 5.69 Å². The van der Waals surface area contributed by atoms with Crippen LogP contribution in [0.1, 0.15) is 13.8 Å². The van der Waals surface area contributed by atoms with Gasteiger partial charge in [-0.3, -0.25) is 0 Å². The number of rotatable bonds is 5. The maximum absolute atomic E-state index is 9.23. The van der Waals surface area contributed by atoms with Crippen molar-refractivity contribution >= 4 is 5.69 Å². The molecule has 0 unspecified atom stereocenters. The third-order valence-corrected chi connectivity index (χ3v) is 2.61. The predicted molar refractivity (Wildman–Crippen MR) is 67.1 cm³/mol. The number of ether oxygens (including phenoxy) is 1. The molecule has 1 rings (SSSR count). The van der Waals surface area contributed by atoms with Crippen molar-refractivity contribution in [3.8, 4) is 5.75 Å². The quantitative estimate of drug-likeness (QED) is 0.830. The second-order valence-corrected chi connectivity index (χ2v) is 4.88. The van der Waals surface area contributed by atoms with Crippen molar-refractivity contribution in [1.29, 1.82) is 0 Å². The van der Waals surface area contributed by atoms with E-state index in [0.29, 0.717) is 0 Å². The largest absolute Gasteiger partial charge is 0.497 e. The van der Waals surface area contributed by atoms with E-state index in [9.17, 15) is 5.11 Å². The Kier molecular flexibility index (Phi) is 4.19. The lowest BCUT2D eigenvalue weighted by atomic mass is 9.94. The van der Waals surface area contributed by atoms with E-state index in [2.05, 4.69) is 4.90 Å². The zero-order chi connectivity index (χ0) is 12.2. The monoisotopic (exact) mass is 223 g/mol. The Morgan fingerprint density at radius 1 is 1.25 bits per heavy atom. The molecule has 0 amide bonds. The number of benzene rings is 1. The number of hydrogen-bond acceptors (Lipinski definition) is 3. The third kappa shape index (κ3) is 3.42. The zero-order valence-electron chi connectivity index (χ0n) is 10.5. The Labute approximate surface area is 97.7 Å². The van der Waals surface area contributed by atoms with Gasteiger partial charge in [0.05, 0.1) is 7.11 Å². The van der Waals surface area contributed by atoms with Gasteiger partial charge < -0.3 is 14.7 Å². The van der Waals surface area contributed by atoms with Gasteiger partial charge in [0.2, 0.25) is 0 Å². The fourth-order valence-electron chi connectivity index (χ4n) is 1.62. The summed E-state index contributed by atoms with van der Waals surface area (Å²) in [5.74, 6) is 0.860. The number of anilines is 1. The Morgan fingerprint density at radius 3 is 2.25 bits per heavy atom. The number of aliphatic hydroxyl groups excluding tert-OH is 1. The Morgan fingerprint density at radius 2 is 1.81 bits per heavy atom. The Hall–Kier alpha value is -1.22. The summed E-state index contributed by atoms with van der Waals surface area (Å²) in [6, 6.07) is 7.92. The SMILES string of the molecule is COc1ccc(N(C)CC(C)(C)CO)cc1. The summed E-state index contributed by atoms with van der Waals surface area (Å²) in [6.45, 7) is 5.10. The molecule has 1 N–H and O–H groups in total. The molecule has 3 nitrogen and oxygen atoms in total. The van der Waals surface area contributed by atoms with Crippen LogP contribution in [0.3, 0.4) is 0 Å². The molecule has 0 radical (unpaired) electrons. The summed E-state index contributed by atoms with van der Waals surface area (Å²) in [5, 5.41) is 9.23. The minimum absolute atomic E-state index is 0.0886. The van der Waals surface area contributed by atoms with E-state index in [0.717, 1.165) is 18.0 Å². The normalized spacial score (nSPS) is 11.3. The average molecular weight is 223 g/mol. The fraction of sp³-hybridized carbons (Fsp3) is 0.538. The van der Waals surface area contributed by atoms with Crippen LogP contribution < -0.4 is 9.64 Å². The van der Waals surface area contributed by atoms with E-state index < -0.39 is 0 Å². The van der Waals surface area contributed by atoms with Gasteiger partial charge in [-0.1, -0.05) is 13.8 Å². The molecule has 1 aromatic rings. The molecule has 0 saturated heterocycles. The van der Waals surface area contributed by atoms with Crippen molar-refractivity contribution in [1.82, 2.24) is 0 Å². The summed E-state index contributed by atoms with van der Waals surface area (Å²) in [7, 11) is 3.69. The molecule has 0 aliphatic heterocycles. The van der Waals surface area contributed by atoms with Crippen LogP contribution in [0.15, 0.2) is 24.3 Å². The molecule has 0 bridgehead atoms. The van der Waals surface area contributed by atoms with Gasteiger partial charge in [-0.05, 0) is 24.3 Å². The van der Waals surface area contributed by atoms with E-state index in [1.54, 1.807) is 7.11 Å². The first kappa shape index (κ1) is 12.8. The van der Waals surface area contributed by atoms with Crippen LogP contribution in [0.2, 0.25) is 0 Å². The Bertz CT molecular complexity index is 319. The number of nitrogens with zero attached hydrogens (tertiary/aromatic N) is 1. The highest BCUT2D eigenvalue weighted by atomic mass is 16.5. The number of aliphatic hydroxyl groups is 1. The molecule has 0 fully saturated rings. The molecule has 90 valence electrons. The summed E-state index contributed by atoms with van der Waals surface area (Å²) < 4.78 is 5.11. The van der Waals surface area contributed by atoms with Gasteiger partial charge in [0, 0.05) is 31.3 Å². The van der Waals surface area contributed by atoms with Crippen LogP contribution in [0.5, 0.6) is 5.75 Å². The van der Waals surface area contributed by atoms with Crippen LogP contribution in [0.25, 0.3) is 0 Å². The maximum Gasteiger partial charge on any atom is 0.119 e. The first-order valence-electron chi connectivity index (χ1n) is 5.44. The minimum atomic E-state index is -0.0886. The molecule has 1 aromatic carbocycles. The van der Waals surface area contributed by atoms with Gasteiger partial charge in [0.1, 0.15) is 5.75 Å². The third-order valence-electron chi connectivity index (χ3n) is 2.61. The van der Waals surface area contributed by atoms with Crippen LogP contribution in [-0.2, 0) is 0 Å². The second-order valence-electron chi connectivity index (χ2n) is 4.88. The standard InChI is InChI=1S/C13H21NO2/c1-13(2,10-15)9-14(3)11-5-7-12(16-4)8-6-11/h5-8,15H,9-10H2,1-4H3. The average Bonchev–Trinajstić information content (AvgIpc) is 2.28. The Balaban J connectivity index is 2.69.